The summed E-state index contributed by atoms with van der Waals surface area (Å²) in [5, 5.41) is 10.1. The van der Waals surface area contributed by atoms with Crippen molar-refractivity contribution < 1.29 is 23.6 Å². The van der Waals surface area contributed by atoms with Gasteiger partial charge in [-0.3, -0.25) is 13.8 Å². The third-order valence-electron chi connectivity index (χ3n) is 1.63. The van der Waals surface area contributed by atoms with Gasteiger partial charge in [0.2, 0.25) is 5.91 Å². The Morgan fingerprint density at radius 3 is 2.60 bits per heavy atom. The van der Waals surface area contributed by atoms with E-state index in [-0.39, 0.29) is 0 Å². The van der Waals surface area contributed by atoms with Crippen LogP contribution in [0.4, 0.5) is 0 Å². The van der Waals surface area contributed by atoms with Gasteiger partial charge >= 0.3 is 5.97 Å². The minimum atomic E-state index is -1.68. The van der Waals surface area contributed by atoms with Crippen LogP contribution >= 0.6 is 0 Å². The lowest BCUT2D eigenvalue weighted by Crippen LogP contribution is -2.38. The third kappa shape index (κ3) is 6.19. The summed E-state index contributed by atoms with van der Waals surface area (Å²) in [5.41, 5.74) is 0. The number of carboxylic acid groups (broad SMARTS) is 1. The fourth-order valence-electron chi connectivity index (χ4n) is 0.786. The molecule has 0 aliphatic rings. The van der Waals surface area contributed by atoms with E-state index in [0.29, 0.717) is 13.2 Å². The topological polar surface area (TPSA) is 92.7 Å². The molecule has 0 aromatic carbocycles. The zero-order valence-corrected chi connectivity index (χ0v) is 9.50. The van der Waals surface area contributed by atoms with Gasteiger partial charge in [-0.1, -0.05) is 0 Å². The molecule has 2 unspecified atom stereocenters. The van der Waals surface area contributed by atoms with Crippen LogP contribution in [0, 0.1) is 0 Å². The number of carbonyl (C=O) groups excluding carboxylic acids is 1. The second-order valence-electron chi connectivity index (χ2n) is 2.84. The van der Waals surface area contributed by atoms with E-state index in [1.807, 2.05) is 0 Å². The molecule has 0 aliphatic carbocycles. The highest BCUT2D eigenvalue weighted by Crippen LogP contribution is 1.96. The standard InChI is InChI=1S/C8H15NO5S/c1-6(15(13)5-7(10)11)8(12)9-3-4-14-2/h6H,3-5H2,1-2H3,(H,9,12)(H,10,11). The van der Waals surface area contributed by atoms with Gasteiger partial charge in [-0.05, 0) is 6.92 Å². The van der Waals surface area contributed by atoms with Crippen LogP contribution in [0.2, 0.25) is 0 Å². The minimum absolute atomic E-state index is 0.323. The Labute approximate surface area is 90.4 Å². The van der Waals surface area contributed by atoms with Gasteiger partial charge in [0.15, 0.2) is 0 Å². The van der Waals surface area contributed by atoms with Crippen molar-refractivity contribution in [3.05, 3.63) is 0 Å². The Hall–Kier alpha value is -0.950. The number of hydrogen-bond acceptors (Lipinski definition) is 4. The summed E-state index contributed by atoms with van der Waals surface area (Å²) in [4.78, 5) is 21.5. The molecule has 0 rings (SSSR count). The number of aliphatic carboxylic acids is 1. The van der Waals surface area contributed by atoms with Crippen LogP contribution in [0.15, 0.2) is 0 Å². The van der Waals surface area contributed by atoms with Crippen molar-refractivity contribution >= 4 is 22.7 Å². The number of amides is 1. The first-order valence-electron chi connectivity index (χ1n) is 4.34. The van der Waals surface area contributed by atoms with E-state index in [2.05, 4.69) is 5.32 Å². The Morgan fingerprint density at radius 2 is 2.13 bits per heavy atom. The van der Waals surface area contributed by atoms with E-state index in [0.717, 1.165) is 0 Å². The number of carboxylic acids is 1. The molecule has 6 nitrogen and oxygen atoms in total. The smallest absolute Gasteiger partial charge is 0.316 e. The predicted octanol–water partition coefficient (Wildman–Crippen LogP) is -1.03. The van der Waals surface area contributed by atoms with Gasteiger partial charge in [-0.2, -0.15) is 0 Å². The highest BCUT2D eigenvalue weighted by molar-refractivity contribution is 7.87. The summed E-state index contributed by atoms with van der Waals surface area (Å²) in [6.45, 7) is 2.12. The van der Waals surface area contributed by atoms with E-state index in [4.69, 9.17) is 9.84 Å². The molecule has 2 N–H and O–H groups in total. The van der Waals surface area contributed by atoms with E-state index < -0.39 is 33.7 Å². The second kappa shape index (κ2) is 7.36. The fourth-order valence-corrected chi connectivity index (χ4v) is 1.60. The number of hydrogen-bond donors (Lipinski definition) is 2. The van der Waals surface area contributed by atoms with E-state index in [9.17, 15) is 13.8 Å². The van der Waals surface area contributed by atoms with Gasteiger partial charge in [0.25, 0.3) is 0 Å². The summed E-state index contributed by atoms with van der Waals surface area (Å²) in [7, 11) is -0.185. The molecule has 2 atom stereocenters. The number of nitrogens with one attached hydrogen (secondary N) is 1. The SMILES string of the molecule is COCCNC(=O)C(C)S(=O)CC(=O)O. The van der Waals surface area contributed by atoms with Crippen molar-refractivity contribution in [1.82, 2.24) is 5.32 Å². The van der Waals surface area contributed by atoms with Gasteiger partial charge in [0.1, 0.15) is 11.0 Å². The number of methoxy groups -OCH3 is 1. The molecule has 0 aromatic heterocycles. The van der Waals surface area contributed by atoms with Crippen molar-refractivity contribution in [2.24, 2.45) is 0 Å². The van der Waals surface area contributed by atoms with Crippen LogP contribution in [0.25, 0.3) is 0 Å². The first kappa shape index (κ1) is 14.1. The predicted molar refractivity (Wildman–Crippen MR) is 55.0 cm³/mol. The molecule has 0 spiro atoms. The molecule has 15 heavy (non-hydrogen) atoms. The molecular weight excluding hydrogens is 222 g/mol. The van der Waals surface area contributed by atoms with Gasteiger partial charge in [0, 0.05) is 24.5 Å². The Kier molecular flexibility index (Phi) is 6.89. The largest absolute Gasteiger partial charge is 0.481 e. The number of ether oxygens (including phenoxy) is 1. The van der Waals surface area contributed by atoms with Gasteiger partial charge < -0.3 is 15.2 Å². The van der Waals surface area contributed by atoms with Crippen LogP contribution in [-0.2, 0) is 25.1 Å². The van der Waals surface area contributed by atoms with Crippen LogP contribution in [0.1, 0.15) is 6.92 Å². The first-order chi connectivity index (χ1) is 6.99. The summed E-state index contributed by atoms with van der Waals surface area (Å²) in [6, 6.07) is 0. The van der Waals surface area contributed by atoms with Crippen LogP contribution in [0.3, 0.4) is 0 Å². The average molecular weight is 237 g/mol. The van der Waals surface area contributed by atoms with Gasteiger partial charge in [-0.15, -0.1) is 0 Å². The lowest BCUT2D eigenvalue weighted by molar-refractivity contribution is -0.133. The molecule has 0 heterocycles. The third-order valence-corrected chi connectivity index (χ3v) is 3.17. The van der Waals surface area contributed by atoms with Crippen molar-refractivity contribution in [3.63, 3.8) is 0 Å². The molecule has 0 saturated heterocycles. The summed E-state index contributed by atoms with van der Waals surface area (Å²) in [5.74, 6) is -2.12. The molecule has 0 fully saturated rings. The fraction of sp³-hybridized carbons (Fsp3) is 0.750. The maximum atomic E-state index is 11.3. The zero-order chi connectivity index (χ0) is 11.8. The molecule has 88 valence electrons. The van der Waals surface area contributed by atoms with Crippen molar-refractivity contribution in [2.75, 3.05) is 26.0 Å². The number of carbonyl (C=O) groups is 2. The quantitative estimate of drug-likeness (QED) is 0.552. The molecule has 0 bridgehead atoms. The average Bonchev–Trinajstić information content (AvgIpc) is 2.15. The van der Waals surface area contributed by atoms with E-state index in [1.54, 1.807) is 0 Å². The highest BCUT2D eigenvalue weighted by atomic mass is 32.2. The van der Waals surface area contributed by atoms with Crippen LogP contribution in [-0.4, -0.2) is 52.5 Å². The molecule has 0 aliphatic heterocycles. The Balaban J connectivity index is 3.96. The molecule has 0 aromatic rings. The molecule has 0 saturated carbocycles. The molecular formula is C8H15NO5S. The zero-order valence-electron chi connectivity index (χ0n) is 8.69. The minimum Gasteiger partial charge on any atom is -0.481 e. The molecule has 1 amide bonds. The normalized spacial score (nSPS) is 14.3. The maximum Gasteiger partial charge on any atom is 0.316 e. The maximum absolute atomic E-state index is 11.3. The number of rotatable bonds is 7. The van der Waals surface area contributed by atoms with E-state index in [1.165, 1.54) is 14.0 Å². The summed E-state index contributed by atoms with van der Waals surface area (Å²) < 4.78 is 16.0. The van der Waals surface area contributed by atoms with Gasteiger partial charge in [-0.25, -0.2) is 0 Å². The van der Waals surface area contributed by atoms with E-state index >= 15 is 0 Å². The van der Waals surface area contributed by atoms with Crippen LogP contribution < -0.4 is 5.32 Å². The first-order valence-corrected chi connectivity index (χ1v) is 5.73. The Bertz CT molecular complexity index is 255. The summed E-state index contributed by atoms with van der Waals surface area (Å²) >= 11 is 0. The van der Waals surface area contributed by atoms with Crippen molar-refractivity contribution in [3.8, 4) is 0 Å². The molecule has 7 heteroatoms. The van der Waals surface area contributed by atoms with Crippen molar-refractivity contribution in [1.29, 1.82) is 0 Å². The van der Waals surface area contributed by atoms with Crippen LogP contribution in [0.5, 0.6) is 0 Å². The van der Waals surface area contributed by atoms with Crippen molar-refractivity contribution in [2.45, 2.75) is 12.2 Å². The lowest BCUT2D eigenvalue weighted by atomic mass is 10.4. The lowest BCUT2D eigenvalue weighted by Gasteiger charge is -2.10. The summed E-state index contributed by atoms with van der Waals surface area (Å²) in [6.07, 6.45) is 0. The highest BCUT2D eigenvalue weighted by Gasteiger charge is 2.21. The Morgan fingerprint density at radius 1 is 1.53 bits per heavy atom. The van der Waals surface area contributed by atoms with Gasteiger partial charge in [0.05, 0.1) is 6.61 Å². The second-order valence-corrected chi connectivity index (χ2v) is 4.60. The molecule has 0 radical (unpaired) electrons. The monoisotopic (exact) mass is 237 g/mol.